The van der Waals surface area contributed by atoms with Gasteiger partial charge >= 0.3 is 0 Å². The first-order chi connectivity index (χ1) is 11.7. The second kappa shape index (κ2) is 9.21. The molecule has 4 heteroatoms. The molecule has 0 aliphatic heterocycles. The molecule has 0 saturated heterocycles. The number of carbonyl (C=O) groups is 1. The molecule has 0 fully saturated rings. The average Bonchev–Trinajstić information content (AvgIpc) is 2.65. The minimum Gasteiger partial charge on any atom is -0.354 e. The normalized spacial score (nSPS) is 11.0. The molecule has 4 nitrogen and oxygen atoms in total. The van der Waals surface area contributed by atoms with E-state index < -0.39 is 6.29 Å². The van der Waals surface area contributed by atoms with Crippen LogP contribution in [0.25, 0.3) is 0 Å². The molecule has 0 aromatic heterocycles. The van der Waals surface area contributed by atoms with Crippen molar-refractivity contribution in [2.75, 3.05) is 27.8 Å². The first kappa shape index (κ1) is 18.2. The summed E-state index contributed by atoms with van der Waals surface area (Å²) in [6.45, 7) is 0.405. The van der Waals surface area contributed by atoms with Crippen LogP contribution < -0.4 is 0 Å². The maximum Gasteiger partial charge on any atom is 0.223 e. The number of benzene rings is 2. The van der Waals surface area contributed by atoms with E-state index in [1.165, 1.54) is 0 Å². The fourth-order valence-corrected chi connectivity index (χ4v) is 2.70. The van der Waals surface area contributed by atoms with Crippen LogP contribution >= 0.6 is 0 Å². The molecular formula is C20H25NO3. The zero-order valence-electron chi connectivity index (χ0n) is 14.5. The lowest BCUT2D eigenvalue weighted by Crippen LogP contribution is -2.36. The highest BCUT2D eigenvalue weighted by molar-refractivity contribution is 5.77. The lowest BCUT2D eigenvalue weighted by molar-refractivity contribution is -0.143. The number of carbonyl (C=O) groups excluding carboxylic acids is 1. The monoisotopic (exact) mass is 327 g/mol. The molecule has 0 N–H and O–H groups in total. The molecule has 0 saturated carbocycles. The van der Waals surface area contributed by atoms with E-state index in [0.717, 1.165) is 11.1 Å². The SMILES string of the molecule is COC(CN(C)C(=O)CC(c1ccccc1)c1ccccc1)OC. The van der Waals surface area contributed by atoms with Crippen molar-refractivity contribution in [2.45, 2.75) is 18.6 Å². The van der Waals surface area contributed by atoms with Gasteiger partial charge in [-0.1, -0.05) is 60.7 Å². The van der Waals surface area contributed by atoms with Gasteiger partial charge in [0.15, 0.2) is 6.29 Å². The molecule has 2 aromatic rings. The maximum atomic E-state index is 12.7. The number of hydrogen-bond acceptors (Lipinski definition) is 3. The Balaban J connectivity index is 2.15. The van der Waals surface area contributed by atoms with E-state index >= 15 is 0 Å². The van der Waals surface area contributed by atoms with Crippen molar-refractivity contribution in [3.05, 3.63) is 71.8 Å². The summed E-state index contributed by atoms with van der Waals surface area (Å²) in [4.78, 5) is 14.3. The molecule has 0 heterocycles. The fraction of sp³-hybridized carbons (Fsp3) is 0.350. The van der Waals surface area contributed by atoms with E-state index in [1.54, 1.807) is 26.2 Å². The quantitative estimate of drug-likeness (QED) is 0.699. The molecule has 2 aromatic carbocycles. The second-order valence-corrected chi connectivity index (χ2v) is 5.75. The van der Waals surface area contributed by atoms with Crippen LogP contribution in [0.3, 0.4) is 0 Å². The summed E-state index contributed by atoms with van der Waals surface area (Å²) >= 11 is 0. The van der Waals surface area contributed by atoms with Crippen molar-refractivity contribution in [2.24, 2.45) is 0 Å². The highest BCUT2D eigenvalue weighted by Crippen LogP contribution is 2.28. The van der Waals surface area contributed by atoms with Crippen LogP contribution in [-0.2, 0) is 14.3 Å². The number of methoxy groups -OCH3 is 2. The van der Waals surface area contributed by atoms with Gasteiger partial charge in [-0.15, -0.1) is 0 Å². The number of ether oxygens (including phenoxy) is 2. The lowest BCUT2D eigenvalue weighted by Gasteiger charge is -2.25. The average molecular weight is 327 g/mol. The van der Waals surface area contributed by atoms with Gasteiger partial charge in [-0.25, -0.2) is 0 Å². The standard InChI is InChI=1S/C20H25NO3/c1-21(15-20(23-2)24-3)19(22)14-18(16-10-6-4-7-11-16)17-12-8-5-9-13-17/h4-13,18,20H,14-15H2,1-3H3. The Kier molecular flexibility index (Phi) is 6.97. The molecule has 24 heavy (non-hydrogen) atoms. The summed E-state index contributed by atoms with van der Waals surface area (Å²) in [7, 11) is 4.92. The zero-order chi connectivity index (χ0) is 17.4. The number of likely N-dealkylation sites (N-methyl/N-ethyl adjacent to an activating group) is 1. The molecule has 0 aliphatic carbocycles. The smallest absolute Gasteiger partial charge is 0.223 e. The molecule has 1 amide bonds. The van der Waals surface area contributed by atoms with E-state index in [1.807, 2.05) is 36.4 Å². The Bertz CT molecular complexity index is 572. The van der Waals surface area contributed by atoms with Crippen molar-refractivity contribution in [3.8, 4) is 0 Å². The van der Waals surface area contributed by atoms with E-state index in [-0.39, 0.29) is 11.8 Å². The maximum absolute atomic E-state index is 12.7. The Morgan fingerprint density at radius 3 is 1.79 bits per heavy atom. The number of hydrogen-bond donors (Lipinski definition) is 0. The molecule has 0 atom stereocenters. The highest BCUT2D eigenvalue weighted by atomic mass is 16.7. The van der Waals surface area contributed by atoms with Gasteiger partial charge < -0.3 is 14.4 Å². The highest BCUT2D eigenvalue weighted by Gasteiger charge is 2.21. The topological polar surface area (TPSA) is 38.8 Å². The van der Waals surface area contributed by atoms with Gasteiger partial charge in [-0.2, -0.15) is 0 Å². The zero-order valence-corrected chi connectivity index (χ0v) is 14.5. The third kappa shape index (κ3) is 4.91. The van der Waals surface area contributed by atoms with Crippen LogP contribution in [0.4, 0.5) is 0 Å². The van der Waals surface area contributed by atoms with Crippen LogP contribution in [0.15, 0.2) is 60.7 Å². The van der Waals surface area contributed by atoms with Crippen molar-refractivity contribution in [3.63, 3.8) is 0 Å². The summed E-state index contributed by atoms with van der Waals surface area (Å²) in [5, 5.41) is 0. The van der Waals surface area contributed by atoms with Gasteiger partial charge in [0.25, 0.3) is 0 Å². The van der Waals surface area contributed by atoms with Crippen LogP contribution in [0, 0.1) is 0 Å². The predicted octanol–water partition coefficient (Wildman–Crippen LogP) is 3.29. The summed E-state index contributed by atoms with van der Waals surface area (Å²) in [6, 6.07) is 20.3. The van der Waals surface area contributed by atoms with E-state index in [4.69, 9.17) is 9.47 Å². The molecule has 0 radical (unpaired) electrons. The molecular weight excluding hydrogens is 302 g/mol. The molecule has 0 aliphatic rings. The molecule has 2 rings (SSSR count). The summed E-state index contributed by atoms with van der Waals surface area (Å²) in [6.07, 6.45) is -0.00383. The third-order valence-electron chi connectivity index (χ3n) is 4.16. The van der Waals surface area contributed by atoms with Crippen molar-refractivity contribution >= 4 is 5.91 Å². The Morgan fingerprint density at radius 2 is 1.38 bits per heavy atom. The van der Waals surface area contributed by atoms with Crippen LogP contribution in [0.1, 0.15) is 23.5 Å². The van der Waals surface area contributed by atoms with E-state index in [9.17, 15) is 4.79 Å². The lowest BCUT2D eigenvalue weighted by atomic mass is 9.88. The third-order valence-corrected chi connectivity index (χ3v) is 4.16. The van der Waals surface area contributed by atoms with Crippen LogP contribution in [0.2, 0.25) is 0 Å². The first-order valence-electron chi connectivity index (χ1n) is 8.05. The van der Waals surface area contributed by atoms with Crippen molar-refractivity contribution in [1.29, 1.82) is 0 Å². The second-order valence-electron chi connectivity index (χ2n) is 5.75. The molecule has 0 spiro atoms. The molecule has 128 valence electrons. The Labute approximate surface area is 144 Å². The summed E-state index contributed by atoms with van der Waals surface area (Å²) < 4.78 is 10.4. The summed E-state index contributed by atoms with van der Waals surface area (Å²) in [5.74, 6) is 0.0951. The number of amides is 1. The number of nitrogens with zero attached hydrogens (tertiary/aromatic N) is 1. The Hall–Kier alpha value is -2.17. The predicted molar refractivity (Wildman–Crippen MR) is 94.8 cm³/mol. The van der Waals surface area contributed by atoms with Gasteiger partial charge in [0.05, 0.1) is 6.54 Å². The van der Waals surface area contributed by atoms with E-state index in [0.29, 0.717) is 13.0 Å². The van der Waals surface area contributed by atoms with Gasteiger partial charge in [0, 0.05) is 33.6 Å². The minimum atomic E-state index is -0.411. The van der Waals surface area contributed by atoms with Gasteiger partial charge in [-0.05, 0) is 11.1 Å². The number of rotatable bonds is 8. The molecule has 0 bridgehead atoms. The van der Waals surface area contributed by atoms with Crippen molar-refractivity contribution in [1.82, 2.24) is 4.90 Å². The Morgan fingerprint density at radius 1 is 0.917 bits per heavy atom. The van der Waals surface area contributed by atoms with Crippen LogP contribution in [0.5, 0.6) is 0 Å². The van der Waals surface area contributed by atoms with Crippen LogP contribution in [-0.4, -0.2) is 44.9 Å². The van der Waals surface area contributed by atoms with Gasteiger partial charge in [0.2, 0.25) is 5.91 Å². The molecule has 0 unspecified atom stereocenters. The van der Waals surface area contributed by atoms with Gasteiger partial charge in [0.1, 0.15) is 0 Å². The largest absolute Gasteiger partial charge is 0.354 e. The fourth-order valence-electron chi connectivity index (χ4n) is 2.70. The van der Waals surface area contributed by atoms with Gasteiger partial charge in [-0.3, -0.25) is 4.79 Å². The van der Waals surface area contributed by atoms with E-state index in [2.05, 4.69) is 24.3 Å². The first-order valence-corrected chi connectivity index (χ1v) is 8.05. The van der Waals surface area contributed by atoms with Crippen molar-refractivity contribution < 1.29 is 14.3 Å². The summed E-state index contributed by atoms with van der Waals surface area (Å²) in [5.41, 5.74) is 2.28. The minimum absolute atomic E-state index is 0.0332.